The normalized spacial score (nSPS) is 17.1. The standard InChI is InChI=1S/C21H19N3O3/c1-3-5-16(25)22-15-7-4-6-14-17(15)21(26)18-19(23-24-20(14)18)12-8-10-13(27-2)11-9-12/h4,6-11,20H,3,5H2,1-2H3,(H,22,25). The highest BCUT2D eigenvalue weighted by Gasteiger charge is 2.42. The smallest absolute Gasteiger partial charge is 0.224 e. The third-order valence-electron chi connectivity index (χ3n) is 4.78. The number of amides is 1. The molecule has 6 heteroatoms. The Kier molecular flexibility index (Phi) is 4.32. The van der Waals surface area contributed by atoms with Crippen molar-refractivity contribution in [3.63, 3.8) is 0 Å². The first kappa shape index (κ1) is 17.1. The van der Waals surface area contributed by atoms with Crippen LogP contribution in [0.4, 0.5) is 5.69 Å². The molecule has 2 aliphatic rings. The van der Waals surface area contributed by atoms with E-state index in [0.717, 1.165) is 23.3 Å². The van der Waals surface area contributed by atoms with Gasteiger partial charge in [0.05, 0.1) is 23.9 Å². The summed E-state index contributed by atoms with van der Waals surface area (Å²) in [5, 5.41) is 11.5. The largest absolute Gasteiger partial charge is 0.497 e. The number of azo groups is 1. The Morgan fingerprint density at radius 3 is 2.67 bits per heavy atom. The molecule has 136 valence electrons. The predicted molar refractivity (Wildman–Crippen MR) is 102 cm³/mol. The minimum Gasteiger partial charge on any atom is -0.497 e. The topological polar surface area (TPSA) is 80.1 Å². The van der Waals surface area contributed by atoms with Crippen LogP contribution in [0, 0.1) is 0 Å². The molecule has 0 bridgehead atoms. The number of rotatable bonds is 5. The summed E-state index contributed by atoms with van der Waals surface area (Å²) in [5.41, 5.74) is 3.81. The first-order valence-electron chi connectivity index (χ1n) is 8.91. The van der Waals surface area contributed by atoms with E-state index in [1.54, 1.807) is 13.2 Å². The molecule has 1 unspecified atom stereocenters. The van der Waals surface area contributed by atoms with Gasteiger partial charge in [0.2, 0.25) is 5.91 Å². The molecule has 1 amide bonds. The number of hydrogen-bond acceptors (Lipinski definition) is 5. The Labute approximate surface area is 157 Å². The van der Waals surface area contributed by atoms with Gasteiger partial charge >= 0.3 is 0 Å². The van der Waals surface area contributed by atoms with Gasteiger partial charge in [-0.05, 0) is 42.3 Å². The van der Waals surface area contributed by atoms with Gasteiger partial charge in [0.1, 0.15) is 17.5 Å². The first-order chi connectivity index (χ1) is 13.1. The van der Waals surface area contributed by atoms with E-state index in [2.05, 4.69) is 15.5 Å². The predicted octanol–water partition coefficient (Wildman–Crippen LogP) is 4.55. The fourth-order valence-electron chi connectivity index (χ4n) is 3.50. The number of ether oxygens (including phenoxy) is 1. The molecule has 1 N–H and O–H groups in total. The molecule has 6 nitrogen and oxygen atoms in total. The minimum atomic E-state index is -0.410. The summed E-state index contributed by atoms with van der Waals surface area (Å²) < 4.78 is 5.19. The highest BCUT2D eigenvalue weighted by molar-refractivity contribution is 6.22. The summed E-state index contributed by atoms with van der Waals surface area (Å²) in [7, 11) is 1.60. The third-order valence-corrected chi connectivity index (χ3v) is 4.78. The van der Waals surface area contributed by atoms with Crippen LogP contribution in [0.3, 0.4) is 0 Å². The average Bonchev–Trinajstić information content (AvgIpc) is 3.23. The molecule has 0 spiro atoms. The van der Waals surface area contributed by atoms with Crippen LogP contribution >= 0.6 is 0 Å². The van der Waals surface area contributed by atoms with Gasteiger partial charge in [0, 0.05) is 12.0 Å². The van der Waals surface area contributed by atoms with Crippen molar-refractivity contribution in [1.82, 2.24) is 0 Å². The fourth-order valence-corrected chi connectivity index (χ4v) is 3.50. The van der Waals surface area contributed by atoms with Gasteiger partial charge in [-0.3, -0.25) is 9.59 Å². The van der Waals surface area contributed by atoms with E-state index >= 15 is 0 Å². The van der Waals surface area contributed by atoms with Crippen molar-refractivity contribution in [3.8, 4) is 5.75 Å². The second-order valence-electron chi connectivity index (χ2n) is 6.51. The van der Waals surface area contributed by atoms with Crippen LogP contribution in [0.5, 0.6) is 5.75 Å². The van der Waals surface area contributed by atoms with Crippen molar-refractivity contribution >= 4 is 23.1 Å². The number of carbonyl (C=O) groups excluding carboxylic acids is 2. The van der Waals surface area contributed by atoms with Crippen LogP contribution in [0.15, 0.2) is 58.3 Å². The van der Waals surface area contributed by atoms with Gasteiger partial charge in [-0.2, -0.15) is 10.2 Å². The molecule has 1 atom stereocenters. The Bertz CT molecular complexity index is 990. The molecule has 2 aromatic rings. The second-order valence-corrected chi connectivity index (χ2v) is 6.51. The maximum atomic E-state index is 13.2. The van der Waals surface area contributed by atoms with Crippen molar-refractivity contribution in [3.05, 3.63) is 64.7 Å². The highest BCUT2D eigenvalue weighted by atomic mass is 16.5. The van der Waals surface area contributed by atoms with Crippen molar-refractivity contribution in [1.29, 1.82) is 0 Å². The maximum Gasteiger partial charge on any atom is 0.224 e. The lowest BCUT2D eigenvalue weighted by Gasteiger charge is -2.09. The first-order valence-corrected chi connectivity index (χ1v) is 8.91. The van der Waals surface area contributed by atoms with Gasteiger partial charge < -0.3 is 10.1 Å². The van der Waals surface area contributed by atoms with Crippen molar-refractivity contribution in [2.24, 2.45) is 10.2 Å². The summed E-state index contributed by atoms with van der Waals surface area (Å²) in [6.07, 6.45) is 1.17. The van der Waals surface area contributed by atoms with Gasteiger partial charge in [-0.15, -0.1) is 0 Å². The lowest BCUT2D eigenvalue weighted by Crippen LogP contribution is -2.13. The van der Waals surface area contributed by atoms with Crippen molar-refractivity contribution in [2.45, 2.75) is 25.8 Å². The van der Waals surface area contributed by atoms with E-state index in [1.165, 1.54) is 0 Å². The van der Waals surface area contributed by atoms with E-state index in [-0.39, 0.29) is 11.7 Å². The van der Waals surface area contributed by atoms with Crippen LogP contribution < -0.4 is 10.1 Å². The van der Waals surface area contributed by atoms with Crippen LogP contribution in [0.2, 0.25) is 0 Å². The van der Waals surface area contributed by atoms with Gasteiger partial charge in [-0.1, -0.05) is 19.1 Å². The number of Topliss-reactive ketones (excluding diaryl/α,β-unsaturated/α-hetero) is 1. The number of benzene rings is 2. The zero-order valence-electron chi connectivity index (χ0n) is 15.2. The number of carbonyl (C=O) groups is 2. The van der Waals surface area contributed by atoms with E-state index in [1.807, 2.05) is 43.3 Å². The quantitative estimate of drug-likeness (QED) is 0.848. The van der Waals surface area contributed by atoms with Crippen LogP contribution in [-0.4, -0.2) is 18.8 Å². The molecular weight excluding hydrogens is 342 g/mol. The minimum absolute atomic E-state index is 0.0956. The van der Waals surface area contributed by atoms with Crippen LogP contribution in [0.25, 0.3) is 5.70 Å². The maximum absolute atomic E-state index is 13.2. The molecule has 27 heavy (non-hydrogen) atoms. The monoisotopic (exact) mass is 361 g/mol. The summed E-state index contributed by atoms with van der Waals surface area (Å²) >= 11 is 0. The number of hydrogen-bond donors (Lipinski definition) is 1. The Morgan fingerprint density at radius 1 is 1.19 bits per heavy atom. The van der Waals surface area contributed by atoms with E-state index in [0.29, 0.717) is 28.9 Å². The highest BCUT2D eigenvalue weighted by Crippen LogP contribution is 2.49. The van der Waals surface area contributed by atoms with Gasteiger partial charge in [0.25, 0.3) is 0 Å². The van der Waals surface area contributed by atoms with Gasteiger partial charge in [0.15, 0.2) is 5.78 Å². The van der Waals surface area contributed by atoms with Crippen LogP contribution in [-0.2, 0) is 4.79 Å². The Morgan fingerprint density at radius 2 is 1.96 bits per heavy atom. The van der Waals surface area contributed by atoms with Crippen molar-refractivity contribution in [2.75, 3.05) is 12.4 Å². The van der Waals surface area contributed by atoms with E-state index < -0.39 is 6.04 Å². The number of fused-ring (bicyclic) bond motifs is 3. The number of anilines is 1. The molecule has 0 saturated carbocycles. The average molecular weight is 361 g/mol. The molecule has 2 aromatic carbocycles. The number of nitrogens with zero attached hydrogens (tertiary/aromatic N) is 2. The van der Waals surface area contributed by atoms with Gasteiger partial charge in [-0.25, -0.2) is 0 Å². The number of methoxy groups -OCH3 is 1. The number of nitrogens with one attached hydrogen (secondary N) is 1. The lowest BCUT2D eigenvalue weighted by atomic mass is 10.0. The lowest BCUT2D eigenvalue weighted by molar-refractivity contribution is -0.116. The third kappa shape index (κ3) is 2.83. The zero-order chi connectivity index (χ0) is 19.0. The Hall–Kier alpha value is -3.28. The summed E-state index contributed by atoms with van der Waals surface area (Å²) in [4.78, 5) is 25.2. The summed E-state index contributed by atoms with van der Waals surface area (Å²) in [6.45, 7) is 1.94. The summed E-state index contributed by atoms with van der Waals surface area (Å²) in [5.74, 6) is 0.512. The molecule has 1 heterocycles. The van der Waals surface area contributed by atoms with Crippen molar-refractivity contribution < 1.29 is 14.3 Å². The zero-order valence-corrected chi connectivity index (χ0v) is 15.2. The fraction of sp³-hybridized carbons (Fsp3) is 0.238. The molecule has 0 aromatic heterocycles. The molecule has 0 radical (unpaired) electrons. The molecular formula is C21H19N3O3. The van der Waals surface area contributed by atoms with E-state index in [4.69, 9.17) is 4.74 Å². The number of ketones is 1. The molecule has 1 aliphatic carbocycles. The van der Waals surface area contributed by atoms with E-state index in [9.17, 15) is 9.59 Å². The summed E-state index contributed by atoms with van der Waals surface area (Å²) in [6, 6.07) is 12.4. The molecule has 0 fully saturated rings. The molecule has 1 aliphatic heterocycles. The molecule has 0 saturated heterocycles. The SMILES string of the molecule is CCCC(=O)Nc1cccc2c1C(=O)C1=C(c3ccc(OC)cc3)N=NC12. The second kappa shape index (κ2) is 6.79. The molecule has 4 rings (SSSR count). The Balaban J connectivity index is 1.75. The van der Waals surface area contributed by atoms with Crippen LogP contribution in [0.1, 0.15) is 47.3 Å².